The molecule has 122 valence electrons. The van der Waals surface area contributed by atoms with Gasteiger partial charge < -0.3 is 16.0 Å². The molecule has 0 unspecified atom stereocenters. The zero-order valence-electron chi connectivity index (χ0n) is 13.3. The van der Waals surface area contributed by atoms with Crippen molar-refractivity contribution in [3.63, 3.8) is 0 Å². The zero-order valence-corrected chi connectivity index (χ0v) is 14.1. The highest BCUT2D eigenvalue weighted by molar-refractivity contribution is 6.31. The number of anilines is 1. The van der Waals surface area contributed by atoms with Crippen LogP contribution in [-0.4, -0.2) is 26.1 Å². The number of hydrogen-bond donors (Lipinski definition) is 3. The van der Waals surface area contributed by atoms with Crippen molar-refractivity contribution >= 4 is 23.2 Å². The van der Waals surface area contributed by atoms with E-state index in [0.717, 1.165) is 41.7 Å². The summed E-state index contributed by atoms with van der Waals surface area (Å²) in [5, 5.41) is 10.7. The molecule has 0 atom stereocenters. The Labute approximate surface area is 143 Å². The maximum Gasteiger partial charge on any atom is 0.191 e. The van der Waals surface area contributed by atoms with E-state index in [4.69, 9.17) is 11.6 Å². The van der Waals surface area contributed by atoms with Crippen molar-refractivity contribution in [2.24, 2.45) is 4.99 Å². The Morgan fingerprint density at radius 1 is 0.957 bits per heavy atom. The van der Waals surface area contributed by atoms with Gasteiger partial charge in [-0.25, -0.2) is 0 Å². The van der Waals surface area contributed by atoms with Crippen molar-refractivity contribution in [1.82, 2.24) is 10.6 Å². The Balaban J connectivity index is 1.64. The molecule has 0 aliphatic carbocycles. The highest BCUT2D eigenvalue weighted by Gasteiger charge is 2.01. The van der Waals surface area contributed by atoms with Crippen LogP contribution in [-0.2, 0) is 6.54 Å². The van der Waals surface area contributed by atoms with E-state index < -0.39 is 0 Å². The molecule has 0 aromatic heterocycles. The molecule has 2 aromatic carbocycles. The molecule has 0 aliphatic heterocycles. The van der Waals surface area contributed by atoms with Gasteiger partial charge in [-0.15, -0.1) is 0 Å². The van der Waals surface area contributed by atoms with Crippen LogP contribution in [0.1, 0.15) is 12.0 Å². The summed E-state index contributed by atoms with van der Waals surface area (Å²) in [6, 6.07) is 18.0. The van der Waals surface area contributed by atoms with Crippen LogP contribution in [0.4, 0.5) is 5.69 Å². The largest absolute Gasteiger partial charge is 0.385 e. The highest BCUT2D eigenvalue weighted by atomic mass is 35.5. The number of nitrogens with one attached hydrogen (secondary N) is 3. The number of para-hydroxylation sites is 1. The summed E-state index contributed by atoms with van der Waals surface area (Å²) in [7, 11) is 1.77. The Kier molecular flexibility index (Phi) is 7.27. The van der Waals surface area contributed by atoms with E-state index in [0.29, 0.717) is 6.54 Å². The van der Waals surface area contributed by atoms with Gasteiger partial charge in [0.25, 0.3) is 0 Å². The molecule has 0 spiro atoms. The first-order valence-corrected chi connectivity index (χ1v) is 8.14. The van der Waals surface area contributed by atoms with Gasteiger partial charge in [0.2, 0.25) is 0 Å². The third-order valence-corrected chi connectivity index (χ3v) is 3.75. The Morgan fingerprint density at radius 3 is 2.43 bits per heavy atom. The van der Waals surface area contributed by atoms with Crippen molar-refractivity contribution in [3.05, 3.63) is 65.2 Å². The van der Waals surface area contributed by atoms with E-state index in [2.05, 4.69) is 33.1 Å². The van der Waals surface area contributed by atoms with Gasteiger partial charge in [0, 0.05) is 37.4 Å². The van der Waals surface area contributed by atoms with E-state index >= 15 is 0 Å². The molecule has 0 amide bonds. The van der Waals surface area contributed by atoms with E-state index in [1.165, 1.54) is 0 Å². The van der Waals surface area contributed by atoms with Gasteiger partial charge >= 0.3 is 0 Å². The molecule has 5 heteroatoms. The van der Waals surface area contributed by atoms with Crippen LogP contribution >= 0.6 is 11.6 Å². The molecule has 0 heterocycles. The Morgan fingerprint density at radius 2 is 1.70 bits per heavy atom. The average Bonchev–Trinajstić information content (AvgIpc) is 2.59. The topological polar surface area (TPSA) is 48.5 Å². The van der Waals surface area contributed by atoms with E-state index in [1.54, 1.807) is 7.05 Å². The highest BCUT2D eigenvalue weighted by Crippen LogP contribution is 2.14. The predicted octanol–water partition coefficient (Wildman–Crippen LogP) is 3.51. The van der Waals surface area contributed by atoms with Crippen LogP contribution in [0.15, 0.2) is 59.6 Å². The number of guanidine groups is 1. The summed E-state index contributed by atoms with van der Waals surface area (Å²) in [4.78, 5) is 4.22. The van der Waals surface area contributed by atoms with Gasteiger partial charge in [-0.3, -0.25) is 4.99 Å². The molecule has 2 aromatic rings. The van der Waals surface area contributed by atoms with Crippen LogP contribution in [0.3, 0.4) is 0 Å². The lowest BCUT2D eigenvalue weighted by molar-refractivity contribution is 0.762. The van der Waals surface area contributed by atoms with Crippen molar-refractivity contribution in [2.75, 3.05) is 25.5 Å². The first kappa shape index (κ1) is 17.2. The molecule has 0 radical (unpaired) electrons. The fraction of sp³-hybridized carbons (Fsp3) is 0.278. The minimum atomic E-state index is 0.654. The molecule has 0 aliphatic rings. The van der Waals surface area contributed by atoms with Crippen molar-refractivity contribution in [1.29, 1.82) is 0 Å². The molecule has 4 nitrogen and oxygen atoms in total. The summed E-state index contributed by atoms with van der Waals surface area (Å²) < 4.78 is 0. The standard InChI is InChI=1S/C18H23ClN4/c1-20-18(23-14-15-8-5-6-11-17(15)19)22-13-7-12-21-16-9-3-2-4-10-16/h2-6,8-11,21H,7,12-14H2,1H3,(H2,20,22,23). The number of hydrogen-bond acceptors (Lipinski definition) is 2. The number of benzene rings is 2. The monoisotopic (exact) mass is 330 g/mol. The van der Waals surface area contributed by atoms with Gasteiger partial charge in [-0.1, -0.05) is 48.0 Å². The maximum atomic E-state index is 6.15. The second-order valence-electron chi connectivity index (χ2n) is 5.09. The van der Waals surface area contributed by atoms with Crippen molar-refractivity contribution in [2.45, 2.75) is 13.0 Å². The zero-order chi connectivity index (χ0) is 16.3. The molecule has 0 bridgehead atoms. The van der Waals surface area contributed by atoms with E-state index in [1.807, 2.05) is 42.5 Å². The number of aliphatic imine (C=N–C) groups is 1. The third-order valence-electron chi connectivity index (χ3n) is 3.38. The molecule has 0 saturated heterocycles. The van der Waals surface area contributed by atoms with E-state index in [-0.39, 0.29) is 0 Å². The average molecular weight is 331 g/mol. The Bertz CT molecular complexity index is 613. The summed E-state index contributed by atoms with van der Waals surface area (Å²) >= 11 is 6.15. The maximum absolute atomic E-state index is 6.15. The molecular formula is C18H23ClN4. The van der Waals surface area contributed by atoms with E-state index in [9.17, 15) is 0 Å². The van der Waals surface area contributed by atoms with Gasteiger partial charge in [0.15, 0.2) is 5.96 Å². The predicted molar refractivity (Wildman–Crippen MR) is 99.2 cm³/mol. The fourth-order valence-electron chi connectivity index (χ4n) is 2.13. The summed E-state index contributed by atoms with van der Waals surface area (Å²) in [5.41, 5.74) is 2.21. The van der Waals surface area contributed by atoms with Crippen LogP contribution in [0, 0.1) is 0 Å². The summed E-state index contributed by atoms with van der Waals surface area (Å²) in [6.07, 6.45) is 1.00. The molecule has 23 heavy (non-hydrogen) atoms. The molecule has 0 fully saturated rings. The first-order chi connectivity index (χ1) is 11.3. The van der Waals surface area contributed by atoms with Crippen molar-refractivity contribution < 1.29 is 0 Å². The van der Waals surface area contributed by atoms with Gasteiger partial charge in [0.05, 0.1) is 0 Å². The summed E-state index contributed by atoms with van der Waals surface area (Å²) in [6.45, 7) is 2.42. The lowest BCUT2D eigenvalue weighted by Crippen LogP contribution is -2.37. The van der Waals surface area contributed by atoms with Crippen LogP contribution < -0.4 is 16.0 Å². The number of halogens is 1. The normalized spacial score (nSPS) is 11.1. The second kappa shape index (κ2) is 9.74. The third kappa shape index (κ3) is 6.20. The van der Waals surface area contributed by atoms with Crippen LogP contribution in [0.25, 0.3) is 0 Å². The number of nitrogens with zero attached hydrogens (tertiary/aromatic N) is 1. The fourth-order valence-corrected chi connectivity index (χ4v) is 2.33. The second-order valence-corrected chi connectivity index (χ2v) is 5.50. The lowest BCUT2D eigenvalue weighted by atomic mass is 10.2. The Hall–Kier alpha value is -2.20. The molecule has 2 rings (SSSR count). The molecule has 0 saturated carbocycles. The van der Waals surface area contributed by atoms with Crippen molar-refractivity contribution in [3.8, 4) is 0 Å². The quantitative estimate of drug-likeness (QED) is 0.413. The van der Waals surface area contributed by atoms with Crippen LogP contribution in [0.2, 0.25) is 5.02 Å². The smallest absolute Gasteiger partial charge is 0.191 e. The lowest BCUT2D eigenvalue weighted by Gasteiger charge is -2.13. The molecular weight excluding hydrogens is 308 g/mol. The summed E-state index contributed by atoms with van der Waals surface area (Å²) in [5.74, 6) is 0.782. The van der Waals surface area contributed by atoms with Gasteiger partial charge in [-0.2, -0.15) is 0 Å². The van der Waals surface area contributed by atoms with Crippen LogP contribution in [0.5, 0.6) is 0 Å². The van der Waals surface area contributed by atoms with Gasteiger partial charge in [0.1, 0.15) is 0 Å². The number of rotatable bonds is 7. The first-order valence-electron chi connectivity index (χ1n) is 7.76. The van der Waals surface area contributed by atoms with Gasteiger partial charge in [-0.05, 0) is 30.2 Å². The minimum absolute atomic E-state index is 0.654. The SMILES string of the molecule is CN=C(NCCCNc1ccccc1)NCc1ccccc1Cl. The minimum Gasteiger partial charge on any atom is -0.385 e. The molecule has 3 N–H and O–H groups in total.